The van der Waals surface area contributed by atoms with E-state index in [1.54, 1.807) is 0 Å². The fourth-order valence-electron chi connectivity index (χ4n) is 3.95. The maximum atomic E-state index is 6.49. The summed E-state index contributed by atoms with van der Waals surface area (Å²) in [6.07, 6.45) is 0.350. The van der Waals surface area contributed by atoms with Crippen LogP contribution >= 0.6 is 11.8 Å². The van der Waals surface area contributed by atoms with Crippen molar-refractivity contribution in [2.75, 3.05) is 5.75 Å². The highest BCUT2D eigenvalue weighted by Gasteiger charge is 2.66. The first-order valence-corrected chi connectivity index (χ1v) is 7.73. The van der Waals surface area contributed by atoms with Crippen molar-refractivity contribution in [3.8, 4) is 0 Å². The Hall–Kier alpha value is -0.470. The van der Waals surface area contributed by atoms with Crippen LogP contribution in [0, 0.1) is 0 Å². The van der Waals surface area contributed by atoms with Crippen LogP contribution in [0.25, 0.3) is 0 Å². The summed E-state index contributed by atoms with van der Waals surface area (Å²) in [5.74, 6) is 1.10. The Morgan fingerprint density at radius 3 is 1.94 bits per heavy atom. The first-order chi connectivity index (χ1) is 8.33. The number of ether oxygens (including phenoxy) is 1. The van der Waals surface area contributed by atoms with Gasteiger partial charge in [0.1, 0.15) is 4.93 Å². The molecule has 3 rings (SSSR count). The van der Waals surface area contributed by atoms with Crippen molar-refractivity contribution in [2.45, 2.75) is 56.5 Å². The molecule has 1 heterocycles. The highest BCUT2D eigenvalue weighted by molar-refractivity contribution is 8.00. The summed E-state index contributed by atoms with van der Waals surface area (Å²) in [6, 6.07) is 8.86. The van der Waals surface area contributed by atoms with Gasteiger partial charge in [0.2, 0.25) is 0 Å². The lowest BCUT2D eigenvalue weighted by molar-refractivity contribution is -0.0683. The second kappa shape index (κ2) is 3.55. The first kappa shape index (κ1) is 12.6. The van der Waals surface area contributed by atoms with Crippen LogP contribution in [0.5, 0.6) is 0 Å². The molecule has 0 bridgehead atoms. The number of hydrogen-bond acceptors (Lipinski definition) is 2. The minimum atomic E-state index is -0.122. The van der Waals surface area contributed by atoms with Crippen molar-refractivity contribution < 1.29 is 4.74 Å². The van der Waals surface area contributed by atoms with Crippen LogP contribution in [0.4, 0.5) is 0 Å². The van der Waals surface area contributed by atoms with Crippen molar-refractivity contribution in [1.29, 1.82) is 0 Å². The maximum Gasteiger partial charge on any atom is 0.132 e. The van der Waals surface area contributed by atoms with E-state index in [0.717, 1.165) is 5.75 Å². The smallest absolute Gasteiger partial charge is 0.132 e. The Morgan fingerprint density at radius 2 is 1.56 bits per heavy atom. The predicted octanol–water partition coefficient (Wildman–Crippen LogP) is 4.10. The summed E-state index contributed by atoms with van der Waals surface area (Å²) < 4.78 is 6.49. The molecule has 98 valence electrons. The summed E-state index contributed by atoms with van der Waals surface area (Å²) in [6.45, 7) is 11.5. The maximum absolute atomic E-state index is 6.49. The van der Waals surface area contributed by atoms with Crippen LogP contribution in [-0.4, -0.2) is 16.8 Å². The molecule has 0 amide bonds. The lowest BCUT2D eigenvalue weighted by Crippen LogP contribution is -2.51. The van der Waals surface area contributed by atoms with Gasteiger partial charge in [0.25, 0.3) is 0 Å². The third kappa shape index (κ3) is 1.23. The molecule has 1 spiro atoms. The van der Waals surface area contributed by atoms with Crippen molar-refractivity contribution in [3.05, 3.63) is 35.4 Å². The zero-order valence-electron chi connectivity index (χ0n) is 11.9. The van der Waals surface area contributed by atoms with Gasteiger partial charge in [-0.2, -0.15) is 0 Å². The predicted molar refractivity (Wildman–Crippen MR) is 78.2 cm³/mol. The van der Waals surface area contributed by atoms with Gasteiger partial charge in [0.15, 0.2) is 0 Å². The van der Waals surface area contributed by atoms with Crippen molar-refractivity contribution in [3.63, 3.8) is 0 Å². The summed E-state index contributed by atoms with van der Waals surface area (Å²) in [5, 5.41) is 0. The topological polar surface area (TPSA) is 9.23 Å². The Morgan fingerprint density at radius 1 is 1.06 bits per heavy atom. The largest absolute Gasteiger partial charge is 0.359 e. The number of rotatable bonds is 0. The molecule has 0 radical (unpaired) electrons. The van der Waals surface area contributed by atoms with Crippen molar-refractivity contribution in [2.24, 2.45) is 0 Å². The van der Waals surface area contributed by atoms with E-state index in [9.17, 15) is 0 Å². The average Bonchev–Trinajstić information content (AvgIpc) is 2.77. The van der Waals surface area contributed by atoms with E-state index in [4.69, 9.17) is 4.74 Å². The third-order valence-electron chi connectivity index (χ3n) is 4.81. The van der Waals surface area contributed by atoms with E-state index in [1.165, 1.54) is 11.1 Å². The van der Waals surface area contributed by atoms with Crippen molar-refractivity contribution >= 4 is 11.8 Å². The molecular weight excluding hydrogens is 240 g/mol. The standard InChI is InChI=1S/C16H22OS/c1-11-10-18-16(17-11)14(2,3)12-8-6-7-9-13(12)15(16,4)5/h6-9,11H,10H2,1-5H3. The van der Waals surface area contributed by atoms with Crippen molar-refractivity contribution in [1.82, 2.24) is 0 Å². The molecule has 1 aromatic carbocycles. The zero-order valence-corrected chi connectivity index (χ0v) is 12.7. The van der Waals surface area contributed by atoms with Gasteiger partial charge in [-0.05, 0) is 18.1 Å². The van der Waals surface area contributed by atoms with Gasteiger partial charge in [-0.15, -0.1) is 11.8 Å². The lowest BCUT2D eigenvalue weighted by atomic mass is 9.77. The SMILES string of the molecule is CC1CSC2(O1)C(C)(C)c1ccccc1C2(C)C. The molecule has 1 aliphatic heterocycles. The summed E-state index contributed by atoms with van der Waals surface area (Å²) in [7, 11) is 0. The number of fused-ring (bicyclic) bond motifs is 1. The molecule has 1 aromatic rings. The molecule has 1 aliphatic carbocycles. The molecule has 1 nitrogen and oxygen atoms in total. The lowest BCUT2D eigenvalue weighted by Gasteiger charge is -2.45. The van der Waals surface area contributed by atoms with Crippen LogP contribution in [0.2, 0.25) is 0 Å². The van der Waals surface area contributed by atoms with Gasteiger partial charge in [0.05, 0.1) is 6.10 Å². The number of thioether (sulfide) groups is 1. The molecule has 18 heavy (non-hydrogen) atoms. The molecule has 2 heteroatoms. The van der Waals surface area contributed by atoms with E-state index in [0.29, 0.717) is 6.10 Å². The Labute approximate surface area is 114 Å². The van der Waals surface area contributed by atoms with E-state index >= 15 is 0 Å². The molecule has 0 N–H and O–H groups in total. The quantitative estimate of drug-likeness (QED) is 0.696. The Balaban J connectivity index is 2.25. The summed E-state index contributed by atoms with van der Waals surface area (Å²) >= 11 is 2.01. The van der Waals surface area contributed by atoms with Crippen LogP contribution < -0.4 is 0 Å². The number of benzene rings is 1. The molecule has 1 atom stereocenters. The minimum absolute atomic E-state index is 0.0581. The fourth-order valence-corrected chi connectivity index (χ4v) is 5.66. The third-order valence-corrected chi connectivity index (χ3v) is 6.97. The fraction of sp³-hybridized carbons (Fsp3) is 0.625. The molecule has 1 saturated heterocycles. The average molecular weight is 262 g/mol. The van der Waals surface area contributed by atoms with E-state index in [1.807, 2.05) is 11.8 Å². The Kier molecular flexibility index (Phi) is 2.47. The van der Waals surface area contributed by atoms with Gasteiger partial charge in [-0.25, -0.2) is 0 Å². The Bertz CT molecular complexity index is 455. The molecule has 0 saturated carbocycles. The molecular formula is C16H22OS. The van der Waals surface area contributed by atoms with Gasteiger partial charge in [0, 0.05) is 16.6 Å². The highest BCUT2D eigenvalue weighted by Crippen LogP contribution is 2.65. The number of hydrogen-bond donors (Lipinski definition) is 0. The molecule has 2 aliphatic rings. The molecule has 0 aromatic heterocycles. The van der Waals surface area contributed by atoms with Gasteiger partial charge >= 0.3 is 0 Å². The first-order valence-electron chi connectivity index (χ1n) is 6.75. The van der Waals surface area contributed by atoms with E-state index in [2.05, 4.69) is 58.9 Å². The van der Waals surface area contributed by atoms with Gasteiger partial charge in [-0.1, -0.05) is 52.0 Å². The van der Waals surface area contributed by atoms with Crippen LogP contribution in [0.3, 0.4) is 0 Å². The van der Waals surface area contributed by atoms with Gasteiger partial charge < -0.3 is 4.74 Å². The van der Waals surface area contributed by atoms with Gasteiger partial charge in [-0.3, -0.25) is 0 Å². The molecule has 1 fully saturated rings. The zero-order chi connectivity index (χ0) is 13.2. The van der Waals surface area contributed by atoms with E-state index in [-0.39, 0.29) is 15.8 Å². The second-order valence-electron chi connectivity index (χ2n) is 6.65. The van der Waals surface area contributed by atoms with E-state index < -0.39 is 0 Å². The van der Waals surface area contributed by atoms with Crippen LogP contribution in [-0.2, 0) is 15.6 Å². The van der Waals surface area contributed by atoms with Crippen LogP contribution in [0.1, 0.15) is 45.7 Å². The molecule has 1 unspecified atom stereocenters. The minimum Gasteiger partial charge on any atom is -0.359 e. The van der Waals surface area contributed by atoms with Crippen LogP contribution in [0.15, 0.2) is 24.3 Å². The monoisotopic (exact) mass is 262 g/mol. The second-order valence-corrected chi connectivity index (χ2v) is 7.85. The normalized spacial score (nSPS) is 30.6. The summed E-state index contributed by atoms with van der Waals surface area (Å²) in [4.78, 5) is -0.122. The summed E-state index contributed by atoms with van der Waals surface area (Å²) in [5.41, 5.74) is 3.03. The highest BCUT2D eigenvalue weighted by atomic mass is 32.2.